The van der Waals surface area contributed by atoms with E-state index in [1.807, 2.05) is 51.1 Å². The number of hydrogen-bond donors (Lipinski definition) is 0. The highest BCUT2D eigenvalue weighted by atomic mass is 16.1. The summed E-state index contributed by atoms with van der Waals surface area (Å²) in [5, 5.41) is 18.7. The van der Waals surface area contributed by atoms with Crippen molar-refractivity contribution in [2.75, 3.05) is 0 Å². The van der Waals surface area contributed by atoms with Gasteiger partial charge in [-0.1, -0.05) is 26.8 Å². The molecule has 0 aromatic carbocycles. The number of ketones is 1. The van der Waals surface area contributed by atoms with E-state index >= 15 is 0 Å². The van der Waals surface area contributed by atoms with Gasteiger partial charge in [-0.05, 0) is 18.8 Å². The van der Waals surface area contributed by atoms with Crippen molar-refractivity contribution in [2.24, 2.45) is 25.4 Å². The lowest BCUT2D eigenvalue weighted by Gasteiger charge is -2.49. The lowest BCUT2D eigenvalue weighted by atomic mass is 9.52. The van der Waals surface area contributed by atoms with Crippen LogP contribution in [0.5, 0.6) is 0 Å². The van der Waals surface area contributed by atoms with Gasteiger partial charge in [0.1, 0.15) is 6.07 Å². The number of rotatable bonds is 1. The molecule has 2 aliphatic carbocycles. The van der Waals surface area contributed by atoms with Crippen molar-refractivity contribution in [3.05, 3.63) is 35.3 Å². The van der Waals surface area contributed by atoms with Crippen molar-refractivity contribution in [3.63, 3.8) is 0 Å². The summed E-state index contributed by atoms with van der Waals surface area (Å²) in [7, 11) is 3.86. The molecule has 6 nitrogen and oxygen atoms in total. The molecule has 0 bridgehead atoms. The minimum atomic E-state index is -0.571. The van der Waals surface area contributed by atoms with Crippen LogP contribution in [-0.4, -0.2) is 25.3 Å². The van der Waals surface area contributed by atoms with Crippen LogP contribution in [0.4, 0.5) is 0 Å². The first kappa shape index (κ1) is 16.8. The van der Waals surface area contributed by atoms with Crippen LogP contribution >= 0.6 is 0 Å². The van der Waals surface area contributed by atoms with E-state index < -0.39 is 10.8 Å². The van der Waals surface area contributed by atoms with Gasteiger partial charge in [-0.25, -0.2) is 0 Å². The first-order chi connectivity index (χ1) is 12.2. The SMILES string of the molecule is Cn1cc(-c2c3c(nn2C)[C@@]2(C)C=C(C#N)C(=O)C(C)(C)[C@@H]2CC3)cn1. The van der Waals surface area contributed by atoms with Gasteiger partial charge in [0, 0.05) is 42.2 Å². The summed E-state index contributed by atoms with van der Waals surface area (Å²) in [6.07, 6.45) is 7.49. The standard InChI is InChI=1S/C20H23N5O/c1-19(2)15-7-6-14-16(13-10-22-24(4)11-13)25(5)23-17(14)20(15,3)8-12(9-21)18(19)26/h8,10-11,15H,6-7H2,1-5H3/t15-,20-/m0/s1. The van der Waals surface area contributed by atoms with E-state index in [0.29, 0.717) is 0 Å². The van der Waals surface area contributed by atoms with E-state index in [0.717, 1.165) is 29.8 Å². The van der Waals surface area contributed by atoms with Crippen LogP contribution in [0.25, 0.3) is 11.3 Å². The minimum absolute atomic E-state index is 0.0469. The van der Waals surface area contributed by atoms with Gasteiger partial charge in [0.05, 0.1) is 23.2 Å². The predicted octanol–water partition coefficient (Wildman–Crippen LogP) is 2.70. The fourth-order valence-electron chi connectivity index (χ4n) is 5.13. The van der Waals surface area contributed by atoms with Crippen LogP contribution in [0.3, 0.4) is 0 Å². The van der Waals surface area contributed by atoms with Gasteiger partial charge in [-0.2, -0.15) is 15.5 Å². The van der Waals surface area contributed by atoms with E-state index in [1.54, 1.807) is 4.68 Å². The minimum Gasteiger partial charge on any atom is -0.293 e. The number of carbonyl (C=O) groups is 1. The fraction of sp³-hybridized carbons (Fsp3) is 0.500. The molecule has 4 rings (SSSR count). The molecule has 0 unspecified atom stereocenters. The van der Waals surface area contributed by atoms with Crippen LogP contribution in [0.1, 0.15) is 38.4 Å². The predicted molar refractivity (Wildman–Crippen MR) is 97.1 cm³/mol. The number of allylic oxidation sites excluding steroid dienone is 2. The molecule has 2 aliphatic rings. The van der Waals surface area contributed by atoms with Gasteiger partial charge in [-0.3, -0.25) is 14.2 Å². The highest BCUT2D eigenvalue weighted by Gasteiger charge is 2.55. The third-order valence-electron chi connectivity index (χ3n) is 6.31. The van der Waals surface area contributed by atoms with Crippen molar-refractivity contribution >= 4 is 5.78 Å². The van der Waals surface area contributed by atoms with Crippen LogP contribution in [0, 0.1) is 22.7 Å². The molecule has 0 saturated carbocycles. The zero-order valence-corrected chi connectivity index (χ0v) is 15.9. The molecule has 0 N–H and O–H groups in total. The Kier molecular flexibility index (Phi) is 3.33. The topological polar surface area (TPSA) is 76.5 Å². The number of carbonyl (C=O) groups excluding carboxylic acids is 1. The van der Waals surface area contributed by atoms with E-state index in [9.17, 15) is 10.1 Å². The second-order valence-corrected chi connectivity index (χ2v) is 8.30. The molecule has 2 aromatic rings. The number of nitriles is 1. The Morgan fingerprint density at radius 1 is 1.31 bits per heavy atom. The Balaban J connectivity index is 1.96. The summed E-state index contributed by atoms with van der Waals surface area (Å²) >= 11 is 0. The van der Waals surface area contributed by atoms with Crippen molar-refractivity contribution in [2.45, 2.75) is 39.0 Å². The first-order valence-electron chi connectivity index (χ1n) is 8.93. The van der Waals surface area contributed by atoms with Crippen LogP contribution in [-0.2, 0) is 30.7 Å². The third-order valence-corrected chi connectivity index (χ3v) is 6.31. The van der Waals surface area contributed by atoms with Crippen LogP contribution < -0.4 is 0 Å². The molecule has 0 radical (unpaired) electrons. The van der Waals surface area contributed by atoms with Crippen molar-refractivity contribution in [1.29, 1.82) is 5.26 Å². The van der Waals surface area contributed by atoms with Crippen molar-refractivity contribution < 1.29 is 4.79 Å². The maximum atomic E-state index is 12.8. The summed E-state index contributed by atoms with van der Waals surface area (Å²) in [4.78, 5) is 12.8. The summed E-state index contributed by atoms with van der Waals surface area (Å²) < 4.78 is 3.71. The Bertz CT molecular complexity index is 1000. The Morgan fingerprint density at radius 2 is 2.04 bits per heavy atom. The van der Waals surface area contributed by atoms with Crippen molar-refractivity contribution in [1.82, 2.24) is 19.6 Å². The Morgan fingerprint density at radius 3 is 2.65 bits per heavy atom. The quantitative estimate of drug-likeness (QED) is 0.793. The molecule has 0 spiro atoms. The first-order valence-corrected chi connectivity index (χ1v) is 8.93. The van der Waals surface area contributed by atoms with Gasteiger partial charge in [0.15, 0.2) is 5.78 Å². The number of fused-ring (bicyclic) bond motifs is 3. The van der Waals surface area contributed by atoms with E-state index in [-0.39, 0.29) is 17.3 Å². The lowest BCUT2D eigenvalue weighted by molar-refractivity contribution is -0.128. The normalized spacial score (nSPS) is 26.7. The largest absolute Gasteiger partial charge is 0.293 e. The third kappa shape index (κ3) is 2.00. The van der Waals surface area contributed by atoms with E-state index in [1.165, 1.54) is 5.56 Å². The zero-order valence-electron chi connectivity index (χ0n) is 15.9. The number of nitrogens with zero attached hydrogens (tertiary/aromatic N) is 5. The average Bonchev–Trinajstić information content (AvgIpc) is 3.14. The molecule has 0 saturated heterocycles. The van der Waals surface area contributed by atoms with Gasteiger partial charge in [0.2, 0.25) is 0 Å². The summed E-state index contributed by atoms with van der Waals surface area (Å²) in [5.74, 6) is 0.0816. The molecular weight excluding hydrogens is 326 g/mol. The van der Waals surface area contributed by atoms with E-state index in [2.05, 4.69) is 18.1 Å². The Hall–Kier alpha value is -2.68. The smallest absolute Gasteiger partial charge is 0.178 e. The highest BCUT2D eigenvalue weighted by Crippen LogP contribution is 2.55. The molecule has 2 aromatic heterocycles. The monoisotopic (exact) mass is 349 g/mol. The molecule has 0 aliphatic heterocycles. The lowest BCUT2D eigenvalue weighted by Crippen LogP contribution is -2.51. The summed E-state index contributed by atoms with van der Waals surface area (Å²) in [5.41, 5.74) is 3.58. The molecule has 0 fully saturated rings. The van der Waals surface area contributed by atoms with Crippen LogP contribution in [0.2, 0.25) is 0 Å². The second kappa shape index (κ2) is 5.16. The Labute approximate surface area is 153 Å². The van der Waals surface area contributed by atoms with Crippen molar-refractivity contribution in [3.8, 4) is 17.3 Å². The molecule has 134 valence electrons. The molecule has 6 heteroatoms. The highest BCUT2D eigenvalue weighted by molar-refractivity contribution is 6.04. The number of hydrogen-bond acceptors (Lipinski definition) is 4. The molecule has 26 heavy (non-hydrogen) atoms. The average molecular weight is 349 g/mol. The van der Waals surface area contributed by atoms with E-state index in [4.69, 9.17) is 5.10 Å². The second-order valence-electron chi connectivity index (χ2n) is 8.30. The summed E-state index contributed by atoms with van der Waals surface area (Å²) in [6, 6.07) is 2.12. The van der Waals surface area contributed by atoms with Gasteiger partial charge in [0.25, 0.3) is 0 Å². The van der Waals surface area contributed by atoms with Crippen LogP contribution in [0.15, 0.2) is 24.0 Å². The summed E-state index contributed by atoms with van der Waals surface area (Å²) in [6.45, 7) is 6.07. The fourth-order valence-corrected chi connectivity index (χ4v) is 5.13. The number of aromatic nitrogens is 4. The molecular formula is C20H23N5O. The van der Waals surface area contributed by atoms with Gasteiger partial charge in [-0.15, -0.1) is 0 Å². The molecule has 0 amide bonds. The number of Topliss-reactive ketones (excluding diaryl/α,β-unsaturated/α-hetero) is 1. The maximum Gasteiger partial charge on any atom is 0.178 e. The maximum absolute atomic E-state index is 12.8. The molecule has 2 heterocycles. The van der Waals surface area contributed by atoms with Gasteiger partial charge < -0.3 is 0 Å². The zero-order chi connectivity index (χ0) is 18.9. The molecule has 2 atom stereocenters. The van der Waals surface area contributed by atoms with Gasteiger partial charge >= 0.3 is 0 Å². The number of aryl methyl sites for hydroxylation is 2.